The molecule has 0 spiro atoms. The van der Waals surface area contributed by atoms with Gasteiger partial charge in [-0.15, -0.1) is 0 Å². The van der Waals surface area contributed by atoms with Gasteiger partial charge in [0, 0.05) is 33.4 Å². The molecule has 2 heteroatoms. The van der Waals surface area contributed by atoms with E-state index >= 15 is 0 Å². The summed E-state index contributed by atoms with van der Waals surface area (Å²) in [5.74, 6) is 0. The van der Waals surface area contributed by atoms with Crippen molar-refractivity contribution in [1.82, 2.24) is 4.57 Å². The fourth-order valence-corrected chi connectivity index (χ4v) is 12.1. The molecule has 1 aliphatic carbocycles. The molecule has 73 heavy (non-hydrogen) atoms. The number of nitrogens with zero attached hydrogens (tertiary/aromatic N) is 2. The van der Waals surface area contributed by atoms with E-state index in [0.717, 1.165) is 28.3 Å². The van der Waals surface area contributed by atoms with Crippen LogP contribution in [-0.4, -0.2) is 4.57 Å². The molecule has 0 radical (unpaired) electrons. The molecule has 0 atom stereocenters. The van der Waals surface area contributed by atoms with Crippen molar-refractivity contribution in [3.05, 3.63) is 313 Å². The minimum Gasteiger partial charge on any atom is -0.310 e. The third-order valence-corrected chi connectivity index (χ3v) is 15.3. The van der Waals surface area contributed by atoms with Gasteiger partial charge in [0.05, 0.1) is 22.1 Å². The van der Waals surface area contributed by atoms with Crippen molar-refractivity contribution in [2.75, 3.05) is 4.90 Å². The number of anilines is 3. The number of benzene rings is 12. The third kappa shape index (κ3) is 6.79. The molecular formula is C71H48N2. The Morgan fingerprint density at radius 1 is 0.274 bits per heavy atom. The van der Waals surface area contributed by atoms with Crippen LogP contribution in [-0.2, 0) is 5.41 Å². The molecule has 1 heterocycles. The van der Waals surface area contributed by atoms with Gasteiger partial charge >= 0.3 is 0 Å². The predicted octanol–water partition coefficient (Wildman–Crippen LogP) is 18.8. The van der Waals surface area contributed by atoms with Crippen molar-refractivity contribution in [2.45, 2.75) is 5.41 Å². The van der Waals surface area contributed by atoms with E-state index in [1.807, 2.05) is 0 Å². The summed E-state index contributed by atoms with van der Waals surface area (Å²) in [5.41, 5.74) is 21.0. The van der Waals surface area contributed by atoms with Gasteiger partial charge in [-0.2, -0.15) is 0 Å². The molecule has 0 saturated carbocycles. The van der Waals surface area contributed by atoms with Crippen LogP contribution in [0, 0.1) is 0 Å². The maximum absolute atomic E-state index is 2.46. The van der Waals surface area contributed by atoms with Gasteiger partial charge in [0.2, 0.25) is 0 Å². The van der Waals surface area contributed by atoms with E-state index in [1.165, 1.54) is 93.8 Å². The van der Waals surface area contributed by atoms with Gasteiger partial charge in [-0.3, -0.25) is 0 Å². The van der Waals surface area contributed by atoms with E-state index in [0.29, 0.717) is 0 Å². The van der Waals surface area contributed by atoms with E-state index in [4.69, 9.17) is 0 Å². The van der Waals surface area contributed by atoms with E-state index in [9.17, 15) is 0 Å². The van der Waals surface area contributed by atoms with Crippen LogP contribution in [0.3, 0.4) is 0 Å². The first-order valence-electron chi connectivity index (χ1n) is 25.3. The molecule has 14 rings (SSSR count). The summed E-state index contributed by atoms with van der Waals surface area (Å²) in [6.07, 6.45) is 0. The minimum absolute atomic E-state index is 0.530. The summed E-state index contributed by atoms with van der Waals surface area (Å²) in [6.45, 7) is 0. The topological polar surface area (TPSA) is 8.17 Å². The molecule has 0 N–H and O–H groups in total. The standard InChI is InChI=1S/C71H48N2/c1-3-22-52(23-4-1)71(53-24-5-2-6-25-53)66-34-15-11-29-61(66)62-47-46-56(48-67(62)71)72(54-42-38-50(39-43-54)58-33-19-21-49-20-7-8-26-57(49)58)55-44-40-51(41-45-55)59-27-9-10-28-60(59)63-30-12-16-35-68(63)73-69-36-17-13-31-64(69)65-32-14-18-37-70(65)73/h1-48H. The maximum Gasteiger partial charge on any atom is 0.0714 e. The van der Waals surface area contributed by atoms with Gasteiger partial charge in [0.1, 0.15) is 0 Å². The van der Waals surface area contributed by atoms with Crippen LogP contribution in [0.25, 0.3) is 82.8 Å². The molecule has 1 aromatic heterocycles. The fourth-order valence-electron chi connectivity index (χ4n) is 12.1. The number of aromatic nitrogens is 1. The highest BCUT2D eigenvalue weighted by Crippen LogP contribution is 2.57. The van der Waals surface area contributed by atoms with Crippen LogP contribution in [0.4, 0.5) is 17.1 Å². The zero-order chi connectivity index (χ0) is 48.3. The predicted molar refractivity (Wildman–Crippen MR) is 307 cm³/mol. The molecule has 0 saturated heterocycles. The van der Waals surface area contributed by atoms with Crippen LogP contribution in [0.15, 0.2) is 291 Å². The molecule has 0 bridgehead atoms. The summed E-state index contributed by atoms with van der Waals surface area (Å²) in [4.78, 5) is 2.43. The zero-order valence-electron chi connectivity index (χ0n) is 40.1. The summed E-state index contributed by atoms with van der Waals surface area (Å²) < 4.78 is 2.43. The van der Waals surface area contributed by atoms with Crippen LogP contribution in [0.2, 0.25) is 0 Å². The highest BCUT2D eigenvalue weighted by atomic mass is 15.1. The van der Waals surface area contributed by atoms with Gasteiger partial charge in [-0.1, -0.05) is 237 Å². The molecule has 0 unspecified atom stereocenters. The van der Waals surface area contributed by atoms with E-state index < -0.39 is 5.41 Å². The van der Waals surface area contributed by atoms with Gasteiger partial charge < -0.3 is 9.47 Å². The Balaban J connectivity index is 0.929. The average molecular weight is 929 g/mol. The van der Waals surface area contributed by atoms with E-state index in [1.54, 1.807) is 0 Å². The SMILES string of the molecule is c1ccc(C2(c3ccccc3)c3ccccc3-c3ccc(N(c4ccc(-c5ccccc5-c5ccccc5-n5c6ccccc6c6ccccc65)cc4)c4ccc(-c5cccc6ccccc56)cc4)cc32)cc1. The van der Waals surface area contributed by atoms with Crippen molar-refractivity contribution in [1.29, 1.82) is 0 Å². The Morgan fingerprint density at radius 3 is 1.38 bits per heavy atom. The second kappa shape index (κ2) is 17.4. The highest BCUT2D eigenvalue weighted by Gasteiger charge is 2.46. The lowest BCUT2D eigenvalue weighted by Crippen LogP contribution is -2.28. The van der Waals surface area contributed by atoms with Crippen molar-refractivity contribution in [3.63, 3.8) is 0 Å². The molecule has 2 nitrogen and oxygen atoms in total. The molecule has 0 fully saturated rings. The number of fused-ring (bicyclic) bond motifs is 7. The van der Waals surface area contributed by atoms with Gasteiger partial charge in [0.25, 0.3) is 0 Å². The first kappa shape index (κ1) is 42.4. The quantitative estimate of drug-likeness (QED) is 0.140. The largest absolute Gasteiger partial charge is 0.310 e. The first-order valence-corrected chi connectivity index (χ1v) is 25.3. The number of rotatable bonds is 9. The van der Waals surface area contributed by atoms with Crippen molar-refractivity contribution in [3.8, 4) is 50.2 Å². The fraction of sp³-hybridized carbons (Fsp3) is 0.0141. The second-order valence-electron chi connectivity index (χ2n) is 19.1. The monoisotopic (exact) mass is 928 g/mol. The van der Waals surface area contributed by atoms with Crippen LogP contribution >= 0.6 is 0 Å². The van der Waals surface area contributed by atoms with Crippen LogP contribution < -0.4 is 4.90 Å². The lowest BCUT2D eigenvalue weighted by atomic mass is 9.67. The Kier molecular flexibility index (Phi) is 10.1. The summed E-state index contributed by atoms with van der Waals surface area (Å²) >= 11 is 0. The summed E-state index contributed by atoms with van der Waals surface area (Å²) in [6, 6.07) is 107. The number of hydrogen-bond acceptors (Lipinski definition) is 1. The normalized spacial score (nSPS) is 12.5. The van der Waals surface area contributed by atoms with Gasteiger partial charge in [-0.25, -0.2) is 0 Å². The van der Waals surface area contributed by atoms with E-state index in [-0.39, 0.29) is 0 Å². The summed E-state index contributed by atoms with van der Waals surface area (Å²) in [5, 5.41) is 4.99. The van der Waals surface area contributed by atoms with Crippen molar-refractivity contribution in [2.24, 2.45) is 0 Å². The summed E-state index contributed by atoms with van der Waals surface area (Å²) in [7, 11) is 0. The zero-order valence-corrected chi connectivity index (χ0v) is 40.1. The second-order valence-corrected chi connectivity index (χ2v) is 19.1. The van der Waals surface area contributed by atoms with Gasteiger partial charge in [0.15, 0.2) is 0 Å². The van der Waals surface area contributed by atoms with Crippen molar-refractivity contribution < 1.29 is 0 Å². The third-order valence-electron chi connectivity index (χ3n) is 15.3. The molecule has 12 aromatic carbocycles. The Bertz CT molecular complexity index is 4090. The smallest absolute Gasteiger partial charge is 0.0714 e. The molecule has 13 aromatic rings. The van der Waals surface area contributed by atoms with E-state index in [2.05, 4.69) is 301 Å². The van der Waals surface area contributed by atoms with Crippen molar-refractivity contribution >= 4 is 49.6 Å². The molecular weight excluding hydrogens is 881 g/mol. The minimum atomic E-state index is -0.530. The Labute approximate surface area is 426 Å². The average Bonchev–Trinajstić information content (AvgIpc) is 3.97. The Morgan fingerprint density at radius 2 is 0.726 bits per heavy atom. The Hall–Kier alpha value is -9.50. The maximum atomic E-state index is 2.46. The highest BCUT2D eigenvalue weighted by molar-refractivity contribution is 6.10. The van der Waals surface area contributed by atoms with Crippen LogP contribution in [0.5, 0.6) is 0 Å². The molecule has 0 amide bonds. The lowest BCUT2D eigenvalue weighted by molar-refractivity contribution is 0.768. The molecule has 0 aliphatic heterocycles. The first-order chi connectivity index (χ1) is 36.2. The molecule has 1 aliphatic rings. The van der Waals surface area contributed by atoms with Gasteiger partial charge in [-0.05, 0) is 127 Å². The lowest BCUT2D eigenvalue weighted by Gasteiger charge is -2.35. The molecule has 342 valence electrons. The van der Waals surface area contributed by atoms with Crippen LogP contribution in [0.1, 0.15) is 22.3 Å². The number of para-hydroxylation sites is 3. The number of hydrogen-bond donors (Lipinski definition) is 0.